The average Bonchev–Trinajstić information content (AvgIpc) is 3.36. The molecule has 10 heteroatoms. The quantitative estimate of drug-likeness (QED) is 0.733. The second kappa shape index (κ2) is 8.25. The molecule has 0 aromatic heterocycles. The first kappa shape index (κ1) is 21.8. The molecule has 2 saturated heterocycles. The van der Waals surface area contributed by atoms with Crippen molar-refractivity contribution >= 4 is 37.3 Å². The van der Waals surface area contributed by atoms with E-state index >= 15 is 0 Å². The molecular weight excluding hydrogens is 438 g/mol. The normalized spacial score (nSPS) is 21.3. The summed E-state index contributed by atoms with van der Waals surface area (Å²) < 4.78 is 52.8. The number of benzene rings is 2. The summed E-state index contributed by atoms with van der Waals surface area (Å²) in [5.74, 6) is -0.256. The van der Waals surface area contributed by atoms with Crippen molar-refractivity contribution in [3.63, 3.8) is 0 Å². The molecule has 0 spiro atoms. The Balaban J connectivity index is 1.48. The van der Waals surface area contributed by atoms with Gasteiger partial charge >= 0.3 is 0 Å². The lowest BCUT2D eigenvalue weighted by molar-refractivity contribution is -0.119. The second-order valence-electron chi connectivity index (χ2n) is 7.86. The zero-order chi connectivity index (χ0) is 22.2. The molecule has 2 aliphatic rings. The highest BCUT2D eigenvalue weighted by molar-refractivity contribution is 7.93. The molecule has 2 aliphatic heterocycles. The molecule has 2 fully saturated rings. The topological polar surface area (TPSA) is 104 Å². The van der Waals surface area contributed by atoms with Crippen molar-refractivity contribution in [2.24, 2.45) is 0 Å². The fourth-order valence-electron chi connectivity index (χ4n) is 4.00. The van der Waals surface area contributed by atoms with Crippen LogP contribution in [0.15, 0.2) is 53.4 Å². The highest BCUT2D eigenvalue weighted by Gasteiger charge is 2.39. The lowest BCUT2D eigenvalue weighted by Crippen LogP contribution is -2.43. The molecule has 31 heavy (non-hydrogen) atoms. The van der Waals surface area contributed by atoms with Crippen LogP contribution in [0.25, 0.3) is 0 Å². The number of carbonyl (C=O) groups excluding carboxylic acids is 1. The molecule has 1 N–H and O–H groups in total. The zero-order valence-corrected chi connectivity index (χ0v) is 18.8. The minimum Gasteiger partial charge on any atom is -0.325 e. The Morgan fingerprint density at radius 1 is 1.00 bits per heavy atom. The van der Waals surface area contributed by atoms with Gasteiger partial charge < -0.3 is 5.32 Å². The zero-order valence-electron chi connectivity index (χ0n) is 17.2. The maximum atomic E-state index is 13.0. The van der Waals surface area contributed by atoms with Gasteiger partial charge in [-0.15, -0.1) is 0 Å². The summed E-state index contributed by atoms with van der Waals surface area (Å²) in [6.07, 6.45) is 1.64. The maximum absolute atomic E-state index is 13.0. The molecule has 0 saturated carbocycles. The van der Waals surface area contributed by atoms with Gasteiger partial charge in [-0.2, -0.15) is 4.31 Å². The van der Waals surface area contributed by atoms with Crippen LogP contribution >= 0.6 is 0 Å². The lowest BCUT2D eigenvalue weighted by atomic mass is 10.2. The van der Waals surface area contributed by atoms with E-state index in [1.165, 1.54) is 8.61 Å². The van der Waals surface area contributed by atoms with E-state index in [0.29, 0.717) is 43.7 Å². The SMILES string of the molecule is Cc1ccc(S(=O)(=O)N2CCC[C@H]2C(=O)Nc2ccc(N3CCCS3(=O)=O)cc2)cc1. The number of hydrogen-bond donors (Lipinski definition) is 1. The van der Waals surface area contributed by atoms with Crippen molar-refractivity contribution in [1.29, 1.82) is 0 Å². The van der Waals surface area contributed by atoms with Crippen LogP contribution in [-0.4, -0.2) is 51.9 Å². The number of aryl methyl sites for hydroxylation is 1. The molecule has 2 aromatic carbocycles. The molecule has 0 radical (unpaired) electrons. The number of sulfonamides is 2. The summed E-state index contributed by atoms with van der Waals surface area (Å²) in [6.45, 7) is 2.62. The maximum Gasteiger partial charge on any atom is 0.243 e. The Kier molecular flexibility index (Phi) is 5.80. The van der Waals surface area contributed by atoms with Crippen molar-refractivity contribution < 1.29 is 21.6 Å². The molecule has 2 heterocycles. The molecule has 166 valence electrons. The molecular formula is C21H25N3O5S2. The van der Waals surface area contributed by atoms with Crippen LogP contribution in [0.4, 0.5) is 11.4 Å². The number of carbonyl (C=O) groups is 1. The monoisotopic (exact) mass is 463 g/mol. The smallest absolute Gasteiger partial charge is 0.243 e. The third-order valence-electron chi connectivity index (χ3n) is 5.66. The van der Waals surface area contributed by atoms with Crippen molar-refractivity contribution in [1.82, 2.24) is 4.31 Å². The van der Waals surface area contributed by atoms with Gasteiger partial charge in [-0.05, 0) is 62.6 Å². The number of amides is 1. The van der Waals surface area contributed by atoms with E-state index < -0.39 is 32.0 Å². The first-order valence-electron chi connectivity index (χ1n) is 10.2. The highest BCUT2D eigenvalue weighted by Crippen LogP contribution is 2.28. The average molecular weight is 464 g/mol. The predicted octanol–water partition coefficient (Wildman–Crippen LogP) is 2.33. The lowest BCUT2D eigenvalue weighted by Gasteiger charge is -2.23. The van der Waals surface area contributed by atoms with E-state index in [1.807, 2.05) is 6.92 Å². The molecule has 4 rings (SSSR count). The van der Waals surface area contributed by atoms with Gasteiger partial charge in [0.15, 0.2) is 0 Å². The summed E-state index contributed by atoms with van der Waals surface area (Å²) in [5.41, 5.74) is 2.00. The number of nitrogens with zero attached hydrogens (tertiary/aromatic N) is 2. The van der Waals surface area contributed by atoms with Crippen LogP contribution in [0.2, 0.25) is 0 Å². The highest BCUT2D eigenvalue weighted by atomic mass is 32.2. The summed E-state index contributed by atoms with van der Waals surface area (Å²) in [4.78, 5) is 13.1. The van der Waals surface area contributed by atoms with E-state index in [-0.39, 0.29) is 10.6 Å². The second-order valence-corrected chi connectivity index (χ2v) is 11.8. The van der Waals surface area contributed by atoms with Crippen molar-refractivity contribution in [2.75, 3.05) is 28.5 Å². The van der Waals surface area contributed by atoms with E-state index in [0.717, 1.165) is 5.56 Å². The van der Waals surface area contributed by atoms with E-state index in [2.05, 4.69) is 5.32 Å². The third kappa shape index (κ3) is 4.32. The van der Waals surface area contributed by atoms with Gasteiger partial charge in [-0.25, -0.2) is 16.8 Å². The van der Waals surface area contributed by atoms with Gasteiger partial charge in [-0.1, -0.05) is 17.7 Å². The minimum absolute atomic E-state index is 0.137. The van der Waals surface area contributed by atoms with E-state index in [4.69, 9.17) is 0 Å². The molecule has 0 bridgehead atoms. The Bertz CT molecular complexity index is 1180. The van der Waals surface area contributed by atoms with Crippen LogP contribution in [0.3, 0.4) is 0 Å². The molecule has 0 unspecified atom stereocenters. The van der Waals surface area contributed by atoms with E-state index in [1.54, 1.807) is 48.5 Å². The first-order chi connectivity index (χ1) is 14.7. The Hall–Kier alpha value is -2.43. The largest absolute Gasteiger partial charge is 0.325 e. The van der Waals surface area contributed by atoms with Gasteiger partial charge in [0, 0.05) is 18.8 Å². The molecule has 0 aliphatic carbocycles. The van der Waals surface area contributed by atoms with Crippen LogP contribution < -0.4 is 9.62 Å². The molecule has 1 atom stereocenters. The summed E-state index contributed by atoms with van der Waals surface area (Å²) in [7, 11) is -7.04. The van der Waals surface area contributed by atoms with Gasteiger partial charge in [0.05, 0.1) is 16.3 Å². The molecule has 8 nitrogen and oxygen atoms in total. The number of nitrogens with one attached hydrogen (secondary N) is 1. The van der Waals surface area contributed by atoms with Gasteiger partial charge in [0.2, 0.25) is 26.0 Å². The standard InChI is InChI=1S/C21H25N3O5S2/c1-16-5-11-19(12-6-16)31(28,29)24-13-2-4-20(24)21(25)22-17-7-9-18(10-8-17)23-14-3-15-30(23,26)27/h5-12,20H,2-4,13-15H2,1H3,(H,22,25)/t20-/m0/s1. The van der Waals surface area contributed by atoms with Crippen LogP contribution in [-0.2, 0) is 24.8 Å². The third-order valence-corrected chi connectivity index (χ3v) is 9.45. The number of rotatable bonds is 5. The fourth-order valence-corrected chi connectivity index (χ4v) is 7.22. The number of anilines is 2. The molecule has 2 aromatic rings. The minimum atomic E-state index is -3.77. The van der Waals surface area contributed by atoms with E-state index in [9.17, 15) is 21.6 Å². The predicted molar refractivity (Wildman–Crippen MR) is 119 cm³/mol. The van der Waals surface area contributed by atoms with Gasteiger partial charge in [-0.3, -0.25) is 9.10 Å². The van der Waals surface area contributed by atoms with Crippen LogP contribution in [0, 0.1) is 6.92 Å². The van der Waals surface area contributed by atoms with Crippen molar-refractivity contribution in [2.45, 2.75) is 37.1 Å². The molecule has 1 amide bonds. The van der Waals surface area contributed by atoms with Crippen LogP contribution in [0.5, 0.6) is 0 Å². The summed E-state index contributed by atoms with van der Waals surface area (Å²) >= 11 is 0. The Morgan fingerprint density at radius 3 is 2.29 bits per heavy atom. The summed E-state index contributed by atoms with van der Waals surface area (Å²) in [6, 6.07) is 12.4. The summed E-state index contributed by atoms with van der Waals surface area (Å²) in [5, 5.41) is 2.77. The van der Waals surface area contributed by atoms with Gasteiger partial charge in [0.25, 0.3) is 0 Å². The van der Waals surface area contributed by atoms with Gasteiger partial charge in [0.1, 0.15) is 6.04 Å². The van der Waals surface area contributed by atoms with Crippen molar-refractivity contribution in [3.8, 4) is 0 Å². The fraction of sp³-hybridized carbons (Fsp3) is 0.381. The van der Waals surface area contributed by atoms with Crippen LogP contribution in [0.1, 0.15) is 24.8 Å². The van der Waals surface area contributed by atoms with Crippen molar-refractivity contribution in [3.05, 3.63) is 54.1 Å². The Labute approximate surface area is 183 Å². The Morgan fingerprint density at radius 2 is 1.68 bits per heavy atom. The first-order valence-corrected chi connectivity index (χ1v) is 13.2. The number of hydrogen-bond acceptors (Lipinski definition) is 5.